The molecule has 12 heteroatoms. The fraction of sp³-hybridized carbons (Fsp3) is 0.333. The van der Waals surface area contributed by atoms with Crippen LogP contribution in [0.25, 0.3) is 22.3 Å². The summed E-state index contributed by atoms with van der Waals surface area (Å²) in [6, 6.07) is 15.4. The molecule has 1 atom stereocenters. The van der Waals surface area contributed by atoms with Gasteiger partial charge in [-0.1, -0.05) is 0 Å². The van der Waals surface area contributed by atoms with Gasteiger partial charge in [-0.05, 0) is 61.5 Å². The quantitative estimate of drug-likeness (QED) is 0.310. The lowest BCUT2D eigenvalue weighted by atomic mass is 10.1. The van der Waals surface area contributed by atoms with E-state index in [1.54, 1.807) is 30.6 Å². The molecule has 6 rings (SSSR count). The molecule has 3 amide bonds. The van der Waals surface area contributed by atoms with Crippen LogP contribution in [0.4, 0.5) is 17.2 Å². The van der Waals surface area contributed by atoms with Crippen LogP contribution in [-0.2, 0) is 14.4 Å². The van der Waals surface area contributed by atoms with Gasteiger partial charge in [0.25, 0.3) is 0 Å². The highest BCUT2D eigenvalue weighted by Crippen LogP contribution is 2.26. The van der Waals surface area contributed by atoms with E-state index in [0.717, 1.165) is 35.2 Å². The van der Waals surface area contributed by atoms with Crippen molar-refractivity contribution in [3.05, 3.63) is 60.9 Å². The summed E-state index contributed by atoms with van der Waals surface area (Å²) in [4.78, 5) is 52.4. The molecule has 2 aromatic carbocycles. The number of benzene rings is 2. The van der Waals surface area contributed by atoms with Crippen molar-refractivity contribution in [2.75, 3.05) is 61.3 Å². The first kappa shape index (κ1) is 27.3. The Balaban J connectivity index is 0.972. The summed E-state index contributed by atoms with van der Waals surface area (Å²) in [5.41, 5.74) is 3.49. The third-order valence-electron chi connectivity index (χ3n) is 7.82. The minimum absolute atomic E-state index is 0.0765. The number of hydrogen-bond acceptors (Lipinski definition) is 8. The monoisotopic (exact) mass is 567 g/mol. The van der Waals surface area contributed by atoms with Crippen LogP contribution in [0.5, 0.6) is 0 Å². The Hall–Kier alpha value is -4.84. The molecule has 4 heterocycles. The summed E-state index contributed by atoms with van der Waals surface area (Å²) < 4.78 is 0. The molecular weight excluding hydrogens is 534 g/mol. The van der Waals surface area contributed by atoms with Gasteiger partial charge in [-0.25, -0.2) is 9.97 Å². The second-order valence-electron chi connectivity index (χ2n) is 10.7. The maximum Gasteiger partial charge on any atom is 0.236 e. The first-order chi connectivity index (χ1) is 20.4. The molecule has 0 radical (unpaired) electrons. The summed E-state index contributed by atoms with van der Waals surface area (Å²) in [7, 11) is 0. The second-order valence-corrected chi connectivity index (χ2v) is 10.7. The zero-order chi connectivity index (χ0) is 29.1. The number of nitrogens with zero attached hydrogens (tertiary/aromatic N) is 6. The van der Waals surface area contributed by atoms with Crippen LogP contribution in [0.15, 0.2) is 60.9 Å². The smallest absolute Gasteiger partial charge is 0.236 e. The topological polar surface area (TPSA) is 139 Å². The Kier molecular flexibility index (Phi) is 7.78. The summed E-state index contributed by atoms with van der Waals surface area (Å²) >= 11 is 0. The van der Waals surface area contributed by atoms with Gasteiger partial charge in [0.15, 0.2) is 11.6 Å². The van der Waals surface area contributed by atoms with Crippen LogP contribution in [-0.4, -0.2) is 93.5 Å². The van der Waals surface area contributed by atoms with Gasteiger partial charge in [-0.3, -0.25) is 24.4 Å². The first-order valence-electron chi connectivity index (χ1n) is 14.1. The number of nitrogens with one attached hydrogen (secondary N) is 3. The largest absolute Gasteiger partial charge is 0.368 e. The van der Waals surface area contributed by atoms with E-state index in [-0.39, 0.29) is 23.6 Å². The van der Waals surface area contributed by atoms with E-state index in [1.807, 2.05) is 23.1 Å². The Morgan fingerprint density at radius 1 is 0.952 bits per heavy atom. The van der Waals surface area contributed by atoms with Crippen LogP contribution >= 0.6 is 0 Å². The van der Waals surface area contributed by atoms with Crippen molar-refractivity contribution < 1.29 is 14.4 Å². The molecule has 4 aromatic rings. The lowest BCUT2D eigenvalue weighted by Gasteiger charge is -2.36. The van der Waals surface area contributed by atoms with Gasteiger partial charge in [0.2, 0.25) is 17.7 Å². The highest BCUT2D eigenvalue weighted by Gasteiger charge is 2.31. The molecule has 0 spiro atoms. The molecule has 12 nitrogen and oxygen atoms in total. The van der Waals surface area contributed by atoms with Gasteiger partial charge < -0.3 is 20.4 Å². The van der Waals surface area contributed by atoms with E-state index in [2.05, 4.69) is 52.7 Å². The number of likely N-dealkylation sites (tertiary alicyclic amines) is 1. The number of anilines is 3. The molecule has 2 aliphatic rings. The SMILES string of the molecule is CC(=O)Nc1n[nH]c2ccc(NC(=O)C3CCN(CC(=O)N4CCN(c5ccc(-c6ncccn6)cc5)CC4)C3)cc12. The predicted octanol–water partition coefficient (Wildman–Crippen LogP) is 2.59. The number of aromatic nitrogens is 4. The molecular formula is C30H33N9O3. The number of carbonyl (C=O) groups excluding carboxylic acids is 3. The third-order valence-corrected chi connectivity index (χ3v) is 7.82. The van der Waals surface area contributed by atoms with E-state index in [9.17, 15) is 14.4 Å². The molecule has 2 fully saturated rings. The maximum atomic E-state index is 13.1. The number of hydrogen-bond donors (Lipinski definition) is 3. The number of H-pyrrole nitrogens is 1. The van der Waals surface area contributed by atoms with Crippen molar-refractivity contribution in [2.45, 2.75) is 13.3 Å². The summed E-state index contributed by atoms with van der Waals surface area (Å²) in [5.74, 6) is 0.736. The number of fused-ring (bicyclic) bond motifs is 1. The first-order valence-corrected chi connectivity index (χ1v) is 14.1. The third kappa shape index (κ3) is 6.08. The Morgan fingerprint density at radius 2 is 1.71 bits per heavy atom. The van der Waals surface area contributed by atoms with Crippen LogP contribution < -0.4 is 15.5 Å². The van der Waals surface area contributed by atoms with Gasteiger partial charge >= 0.3 is 0 Å². The molecule has 2 aliphatic heterocycles. The molecule has 216 valence electrons. The zero-order valence-corrected chi connectivity index (χ0v) is 23.4. The summed E-state index contributed by atoms with van der Waals surface area (Å²) in [6.45, 7) is 5.84. The number of piperazine rings is 1. The van der Waals surface area contributed by atoms with Gasteiger partial charge in [0.05, 0.1) is 18.0 Å². The molecule has 1 unspecified atom stereocenters. The Bertz CT molecular complexity index is 1580. The molecule has 0 saturated carbocycles. The van der Waals surface area contributed by atoms with E-state index >= 15 is 0 Å². The van der Waals surface area contributed by atoms with Crippen molar-refractivity contribution in [3.63, 3.8) is 0 Å². The number of amides is 3. The van der Waals surface area contributed by atoms with Gasteiger partial charge in [0, 0.05) is 74.4 Å². The second kappa shape index (κ2) is 12.0. The lowest BCUT2D eigenvalue weighted by molar-refractivity contribution is -0.132. The Morgan fingerprint density at radius 3 is 2.45 bits per heavy atom. The maximum absolute atomic E-state index is 13.1. The number of carbonyl (C=O) groups is 3. The molecule has 2 saturated heterocycles. The molecule has 42 heavy (non-hydrogen) atoms. The van der Waals surface area contributed by atoms with Crippen molar-refractivity contribution in [3.8, 4) is 11.4 Å². The van der Waals surface area contributed by atoms with Gasteiger partial charge in [0.1, 0.15) is 0 Å². The van der Waals surface area contributed by atoms with Crippen LogP contribution in [0.2, 0.25) is 0 Å². The molecule has 3 N–H and O–H groups in total. The predicted molar refractivity (Wildman–Crippen MR) is 160 cm³/mol. The van der Waals surface area contributed by atoms with Crippen molar-refractivity contribution in [1.82, 2.24) is 30.0 Å². The average Bonchev–Trinajstić information content (AvgIpc) is 3.64. The molecule has 0 bridgehead atoms. The molecule has 2 aromatic heterocycles. The highest BCUT2D eigenvalue weighted by atomic mass is 16.2. The van der Waals surface area contributed by atoms with Gasteiger partial charge in [-0.2, -0.15) is 5.10 Å². The summed E-state index contributed by atoms with van der Waals surface area (Å²) in [5, 5.41) is 13.4. The average molecular weight is 568 g/mol. The fourth-order valence-electron chi connectivity index (χ4n) is 5.56. The lowest BCUT2D eigenvalue weighted by Crippen LogP contribution is -2.51. The number of rotatable bonds is 7. The fourth-order valence-corrected chi connectivity index (χ4v) is 5.56. The Labute approximate surface area is 243 Å². The molecule has 0 aliphatic carbocycles. The van der Waals surface area contributed by atoms with Crippen molar-refractivity contribution in [2.24, 2.45) is 5.92 Å². The van der Waals surface area contributed by atoms with E-state index in [0.29, 0.717) is 56.5 Å². The van der Waals surface area contributed by atoms with Crippen LogP contribution in [0, 0.1) is 5.92 Å². The zero-order valence-electron chi connectivity index (χ0n) is 23.4. The van der Waals surface area contributed by atoms with Crippen molar-refractivity contribution in [1.29, 1.82) is 0 Å². The van der Waals surface area contributed by atoms with Gasteiger partial charge in [-0.15, -0.1) is 0 Å². The minimum Gasteiger partial charge on any atom is -0.368 e. The van der Waals surface area contributed by atoms with E-state index < -0.39 is 0 Å². The standard InChI is InChI=1S/C30H33N9O3/c1-20(40)33-29-25-17-23(5-8-26(25)35-36-29)34-30(42)22-9-12-37(18-22)19-27(41)39-15-13-38(14-16-39)24-6-3-21(4-7-24)28-31-10-2-11-32-28/h2-8,10-11,17,22H,9,12-16,18-19H2,1H3,(H,34,42)(H2,33,35,36,40). The number of aromatic amines is 1. The minimum atomic E-state index is -0.218. The van der Waals surface area contributed by atoms with E-state index in [4.69, 9.17) is 0 Å². The summed E-state index contributed by atoms with van der Waals surface area (Å²) in [6.07, 6.45) is 4.17. The van der Waals surface area contributed by atoms with Crippen LogP contribution in [0.1, 0.15) is 13.3 Å². The highest BCUT2D eigenvalue weighted by molar-refractivity contribution is 6.01. The van der Waals surface area contributed by atoms with Crippen LogP contribution in [0.3, 0.4) is 0 Å². The van der Waals surface area contributed by atoms with Crippen molar-refractivity contribution >= 4 is 45.8 Å². The normalized spacial score (nSPS) is 17.4. The van der Waals surface area contributed by atoms with E-state index in [1.165, 1.54) is 6.92 Å².